The number of carbonyl (C=O) groups excluding carboxylic acids is 3. The van der Waals surface area contributed by atoms with Gasteiger partial charge in [-0.15, -0.1) is 0 Å². The van der Waals surface area contributed by atoms with E-state index in [1.165, 1.54) is 0 Å². The van der Waals surface area contributed by atoms with E-state index in [1.54, 1.807) is 17.0 Å². The summed E-state index contributed by atoms with van der Waals surface area (Å²) in [6.07, 6.45) is 3.59. The summed E-state index contributed by atoms with van der Waals surface area (Å²) in [5.41, 5.74) is -0.272. The number of amides is 3. The maximum atomic E-state index is 13.6. The molecule has 7 heteroatoms. The van der Waals surface area contributed by atoms with Crippen molar-refractivity contribution in [1.82, 2.24) is 14.7 Å². The number of piperidine rings is 1. The average molecular weight is 428 g/mol. The van der Waals surface area contributed by atoms with E-state index in [0.29, 0.717) is 43.8 Å². The SMILES string of the molecule is CC(C)CC(=O)N1CCC2(CC1)OCC(C(=O)N1CCCC1)N2C(=O)c1ccccc1. The Morgan fingerprint density at radius 3 is 2.26 bits per heavy atom. The van der Waals surface area contributed by atoms with Crippen LogP contribution in [0.5, 0.6) is 0 Å². The predicted molar refractivity (Wildman–Crippen MR) is 116 cm³/mol. The minimum absolute atomic E-state index is 0.0167. The Morgan fingerprint density at radius 2 is 1.65 bits per heavy atom. The Bertz CT molecular complexity index is 811. The van der Waals surface area contributed by atoms with E-state index >= 15 is 0 Å². The van der Waals surface area contributed by atoms with E-state index in [0.717, 1.165) is 25.9 Å². The van der Waals surface area contributed by atoms with E-state index in [-0.39, 0.29) is 24.3 Å². The summed E-state index contributed by atoms with van der Waals surface area (Å²) < 4.78 is 6.26. The van der Waals surface area contributed by atoms with Gasteiger partial charge in [0.15, 0.2) is 0 Å². The molecule has 0 bridgehead atoms. The Morgan fingerprint density at radius 1 is 1.00 bits per heavy atom. The number of benzene rings is 1. The molecule has 3 fully saturated rings. The van der Waals surface area contributed by atoms with Crippen LogP contribution in [-0.4, -0.2) is 77.0 Å². The molecule has 3 amide bonds. The zero-order valence-electron chi connectivity index (χ0n) is 18.6. The Balaban J connectivity index is 1.57. The third-order valence-electron chi connectivity index (χ3n) is 6.68. The average Bonchev–Trinajstić information content (AvgIpc) is 3.42. The summed E-state index contributed by atoms with van der Waals surface area (Å²) >= 11 is 0. The van der Waals surface area contributed by atoms with Gasteiger partial charge in [0.25, 0.3) is 5.91 Å². The number of carbonyl (C=O) groups is 3. The van der Waals surface area contributed by atoms with E-state index in [9.17, 15) is 14.4 Å². The first-order valence-corrected chi connectivity index (χ1v) is 11.5. The van der Waals surface area contributed by atoms with Crippen molar-refractivity contribution >= 4 is 17.7 Å². The molecule has 1 spiro atoms. The van der Waals surface area contributed by atoms with Gasteiger partial charge in [-0.1, -0.05) is 32.0 Å². The summed E-state index contributed by atoms with van der Waals surface area (Å²) in [6, 6.07) is 8.50. The van der Waals surface area contributed by atoms with Gasteiger partial charge in [0.1, 0.15) is 11.8 Å². The van der Waals surface area contributed by atoms with Crippen LogP contribution < -0.4 is 0 Å². The minimum Gasteiger partial charge on any atom is -0.353 e. The van der Waals surface area contributed by atoms with Crippen molar-refractivity contribution in [2.24, 2.45) is 5.92 Å². The smallest absolute Gasteiger partial charge is 0.256 e. The molecule has 0 aliphatic carbocycles. The number of nitrogens with zero attached hydrogens (tertiary/aromatic N) is 3. The molecular formula is C24H33N3O4. The van der Waals surface area contributed by atoms with Crippen molar-refractivity contribution in [3.63, 3.8) is 0 Å². The molecule has 1 aromatic carbocycles. The number of hydrogen-bond acceptors (Lipinski definition) is 4. The summed E-state index contributed by atoms with van der Waals surface area (Å²) in [6.45, 7) is 6.86. The molecule has 0 N–H and O–H groups in total. The van der Waals surface area contributed by atoms with Crippen LogP contribution in [0.2, 0.25) is 0 Å². The van der Waals surface area contributed by atoms with Crippen molar-refractivity contribution in [1.29, 1.82) is 0 Å². The van der Waals surface area contributed by atoms with E-state index in [1.807, 2.05) is 41.8 Å². The molecule has 31 heavy (non-hydrogen) atoms. The second-order valence-electron chi connectivity index (χ2n) is 9.33. The lowest BCUT2D eigenvalue weighted by Crippen LogP contribution is -2.60. The molecule has 1 aromatic rings. The number of rotatable bonds is 4. The second-order valence-corrected chi connectivity index (χ2v) is 9.33. The molecule has 3 aliphatic rings. The van der Waals surface area contributed by atoms with Gasteiger partial charge in [-0.3, -0.25) is 19.3 Å². The van der Waals surface area contributed by atoms with Crippen LogP contribution in [0.25, 0.3) is 0 Å². The van der Waals surface area contributed by atoms with Crippen molar-refractivity contribution in [2.45, 2.75) is 57.7 Å². The molecule has 0 radical (unpaired) electrons. The van der Waals surface area contributed by atoms with Gasteiger partial charge in [-0.2, -0.15) is 0 Å². The molecule has 1 atom stereocenters. The number of ether oxygens (including phenoxy) is 1. The highest BCUT2D eigenvalue weighted by Gasteiger charge is 2.54. The highest BCUT2D eigenvalue weighted by atomic mass is 16.5. The predicted octanol–water partition coefficient (Wildman–Crippen LogP) is 2.51. The van der Waals surface area contributed by atoms with Gasteiger partial charge in [-0.05, 0) is 30.9 Å². The monoisotopic (exact) mass is 427 g/mol. The van der Waals surface area contributed by atoms with Crippen LogP contribution in [0.15, 0.2) is 30.3 Å². The van der Waals surface area contributed by atoms with Crippen LogP contribution in [-0.2, 0) is 14.3 Å². The molecular weight excluding hydrogens is 394 g/mol. The fraction of sp³-hybridized carbons (Fsp3) is 0.625. The fourth-order valence-electron chi connectivity index (χ4n) is 5.01. The van der Waals surface area contributed by atoms with Gasteiger partial charge in [0.05, 0.1) is 6.61 Å². The summed E-state index contributed by atoms with van der Waals surface area (Å²) in [4.78, 5) is 44.9. The van der Waals surface area contributed by atoms with Crippen molar-refractivity contribution in [2.75, 3.05) is 32.8 Å². The highest BCUT2D eigenvalue weighted by Crippen LogP contribution is 2.39. The maximum absolute atomic E-state index is 13.6. The largest absolute Gasteiger partial charge is 0.353 e. The Hall–Kier alpha value is -2.41. The molecule has 3 aliphatic heterocycles. The van der Waals surface area contributed by atoms with Gasteiger partial charge in [-0.25, -0.2) is 0 Å². The number of hydrogen-bond donors (Lipinski definition) is 0. The lowest BCUT2D eigenvalue weighted by atomic mass is 9.95. The first-order chi connectivity index (χ1) is 14.9. The normalized spacial score (nSPS) is 23.1. The third kappa shape index (κ3) is 4.33. The second kappa shape index (κ2) is 8.99. The van der Waals surface area contributed by atoms with Crippen LogP contribution in [0.1, 0.15) is 56.3 Å². The number of likely N-dealkylation sites (tertiary alicyclic amines) is 2. The molecule has 168 valence electrons. The molecule has 4 rings (SSSR count). The van der Waals surface area contributed by atoms with Crippen molar-refractivity contribution < 1.29 is 19.1 Å². The zero-order valence-corrected chi connectivity index (χ0v) is 18.6. The Kier molecular flexibility index (Phi) is 6.32. The minimum atomic E-state index is -0.832. The first-order valence-electron chi connectivity index (χ1n) is 11.5. The van der Waals surface area contributed by atoms with Gasteiger partial charge in [0, 0.05) is 51.0 Å². The summed E-state index contributed by atoms with van der Waals surface area (Å²) in [5.74, 6) is 0.271. The quantitative estimate of drug-likeness (QED) is 0.740. The fourth-order valence-corrected chi connectivity index (χ4v) is 5.01. The molecule has 3 saturated heterocycles. The van der Waals surface area contributed by atoms with Gasteiger partial charge >= 0.3 is 0 Å². The lowest BCUT2D eigenvalue weighted by molar-refractivity contribution is -0.145. The van der Waals surface area contributed by atoms with Crippen LogP contribution in [0.3, 0.4) is 0 Å². The Labute approximate surface area is 184 Å². The topological polar surface area (TPSA) is 70.2 Å². The van der Waals surface area contributed by atoms with Crippen molar-refractivity contribution in [3.8, 4) is 0 Å². The molecule has 7 nitrogen and oxygen atoms in total. The molecule has 0 saturated carbocycles. The van der Waals surface area contributed by atoms with Crippen LogP contribution in [0.4, 0.5) is 0 Å². The van der Waals surface area contributed by atoms with Crippen LogP contribution >= 0.6 is 0 Å². The van der Waals surface area contributed by atoms with Gasteiger partial charge < -0.3 is 14.5 Å². The van der Waals surface area contributed by atoms with E-state index < -0.39 is 11.8 Å². The van der Waals surface area contributed by atoms with E-state index in [4.69, 9.17) is 4.74 Å². The third-order valence-corrected chi connectivity index (χ3v) is 6.68. The molecule has 1 unspecified atom stereocenters. The first kappa shape index (κ1) is 21.8. The standard InChI is InChI=1S/C24H33N3O4/c1-18(2)16-21(28)25-14-10-24(11-15-25)27(22(29)19-8-4-3-5-9-19)20(17-31-24)23(30)26-12-6-7-13-26/h3-5,8-9,18,20H,6-7,10-17H2,1-2H3. The van der Waals surface area contributed by atoms with Crippen LogP contribution in [0, 0.1) is 5.92 Å². The summed E-state index contributed by atoms with van der Waals surface area (Å²) in [7, 11) is 0. The molecule has 0 aromatic heterocycles. The maximum Gasteiger partial charge on any atom is 0.256 e. The zero-order chi connectivity index (χ0) is 22.0. The van der Waals surface area contributed by atoms with Crippen molar-refractivity contribution in [3.05, 3.63) is 35.9 Å². The van der Waals surface area contributed by atoms with E-state index in [2.05, 4.69) is 0 Å². The van der Waals surface area contributed by atoms with Gasteiger partial charge in [0.2, 0.25) is 11.8 Å². The lowest BCUT2D eigenvalue weighted by Gasteiger charge is -2.45. The highest BCUT2D eigenvalue weighted by molar-refractivity contribution is 5.98. The molecule has 3 heterocycles. The summed E-state index contributed by atoms with van der Waals surface area (Å²) in [5, 5.41) is 0.